The van der Waals surface area contributed by atoms with Crippen molar-refractivity contribution in [2.45, 2.75) is 32.7 Å². The maximum Gasteiger partial charge on any atom is 0.194 e. The van der Waals surface area contributed by atoms with Crippen LogP contribution in [0.3, 0.4) is 0 Å². The molecule has 0 radical (unpaired) electrons. The topological polar surface area (TPSA) is 41.3 Å². The average molecular weight is 237 g/mol. The number of likely N-dealkylation sites (tertiary alicyclic amines) is 1. The Morgan fingerprint density at radius 2 is 2.47 bits per heavy atom. The number of hydrogen-bond donors (Lipinski definition) is 1. The quantitative estimate of drug-likeness (QED) is 0.846. The summed E-state index contributed by atoms with van der Waals surface area (Å²) in [4.78, 5) is 6.87. The van der Waals surface area contributed by atoms with Crippen LogP contribution in [0.2, 0.25) is 0 Å². The van der Waals surface area contributed by atoms with Gasteiger partial charge in [0.15, 0.2) is 5.89 Å². The highest BCUT2D eigenvalue weighted by molar-refractivity contribution is 4.95. The van der Waals surface area contributed by atoms with Crippen LogP contribution in [0.1, 0.15) is 31.4 Å². The molecule has 2 heterocycles. The molecule has 1 unspecified atom stereocenters. The van der Waals surface area contributed by atoms with E-state index in [0.29, 0.717) is 5.92 Å². The first-order chi connectivity index (χ1) is 8.31. The lowest BCUT2D eigenvalue weighted by Gasteiger charge is -2.31. The lowest BCUT2D eigenvalue weighted by molar-refractivity contribution is 0.176. The second-order valence-electron chi connectivity index (χ2n) is 4.86. The number of piperidine rings is 1. The zero-order valence-electron chi connectivity index (χ0n) is 10.9. The molecule has 1 saturated heterocycles. The van der Waals surface area contributed by atoms with Gasteiger partial charge in [-0.3, -0.25) is 0 Å². The standard InChI is InChI=1S/C13H23N3O/c1-3-16-6-4-5-11(10-16)7-13-15-9-12(17-13)8-14-2/h9,11,14H,3-8,10H2,1-2H3. The second kappa shape index (κ2) is 6.17. The molecule has 1 fully saturated rings. The average Bonchev–Trinajstić information content (AvgIpc) is 2.77. The van der Waals surface area contributed by atoms with Crippen molar-refractivity contribution in [2.24, 2.45) is 5.92 Å². The molecule has 0 spiro atoms. The van der Waals surface area contributed by atoms with Crippen LogP contribution in [0.4, 0.5) is 0 Å². The Balaban J connectivity index is 1.86. The molecule has 2 rings (SSSR count). The van der Waals surface area contributed by atoms with Crippen LogP contribution in [0.5, 0.6) is 0 Å². The summed E-state index contributed by atoms with van der Waals surface area (Å²) in [6.45, 7) is 6.61. The minimum atomic E-state index is 0.713. The summed E-state index contributed by atoms with van der Waals surface area (Å²) < 4.78 is 5.70. The van der Waals surface area contributed by atoms with E-state index in [1.165, 1.54) is 25.9 Å². The number of nitrogens with zero attached hydrogens (tertiary/aromatic N) is 2. The number of rotatable bonds is 5. The Bertz CT molecular complexity index is 337. The lowest BCUT2D eigenvalue weighted by atomic mass is 9.95. The molecular formula is C13H23N3O. The van der Waals surface area contributed by atoms with E-state index in [1.807, 2.05) is 13.2 Å². The monoisotopic (exact) mass is 237 g/mol. The van der Waals surface area contributed by atoms with E-state index in [2.05, 4.69) is 22.1 Å². The van der Waals surface area contributed by atoms with E-state index in [9.17, 15) is 0 Å². The van der Waals surface area contributed by atoms with Gasteiger partial charge >= 0.3 is 0 Å². The van der Waals surface area contributed by atoms with Gasteiger partial charge in [-0.2, -0.15) is 0 Å². The number of oxazole rings is 1. The first kappa shape index (κ1) is 12.6. The van der Waals surface area contributed by atoms with Crippen molar-refractivity contribution in [3.63, 3.8) is 0 Å². The molecule has 0 bridgehead atoms. The Morgan fingerprint density at radius 1 is 1.59 bits per heavy atom. The van der Waals surface area contributed by atoms with Gasteiger partial charge in [0.1, 0.15) is 5.76 Å². The molecule has 1 atom stereocenters. The van der Waals surface area contributed by atoms with Crippen molar-refractivity contribution < 1.29 is 4.42 Å². The van der Waals surface area contributed by atoms with Gasteiger partial charge in [-0.25, -0.2) is 4.98 Å². The molecule has 0 saturated carbocycles. The van der Waals surface area contributed by atoms with Gasteiger partial charge in [0.2, 0.25) is 0 Å². The molecular weight excluding hydrogens is 214 g/mol. The van der Waals surface area contributed by atoms with Gasteiger partial charge in [-0.1, -0.05) is 6.92 Å². The van der Waals surface area contributed by atoms with Crippen LogP contribution >= 0.6 is 0 Å². The maximum atomic E-state index is 5.70. The molecule has 4 nitrogen and oxygen atoms in total. The van der Waals surface area contributed by atoms with Crippen molar-refractivity contribution in [3.05, 3.63) is 17.8 Å². The van der Waals surface area contributed by atoms with Gasteiger partial charge < -0.3 is 14.6 Å². The summed E-state index contributed by atoms with van der Waals surface area (Å²) in [5, 5.41) is 3.08. The van der Waals surface area contributed by atoms with Gasteiger partial charge in [-0.15, -0.1) is 0 Å². The molecule has 1 aliphatic heterocycles. The molecule has 1 aromatic heterocycles. The third-order valence-corrected chi connectivity index (χ3v) is 3.47. The fraction of sp³-hybridized carbons (Fsp3) is 0.769. The molecule has 96 valence electrons. The third-order valence-electron chi connectivity index (χ3n) is 3.47. The van der Waals surface area contributed by atoms with Crippen molar-refractivity contribution >= 4 is 0 Å². The van der Waals surface area contributed by atoms with E-state index in [0.717, 1.165) is 31.2 Å². The van der Waals surface area contributed by atoms with Crippen LogP contribution in [0.15, 0.2) is 10.6 Å². The highest BCUT2D eigenvalue weighted by Gasteiger charge is 2.20. The highest BCUT2D eigenvalue weighted by atomic mass is 16.4. The van der Waals surface area contributed by atoms with Crippen molar-refractivity contribution in [1.82, 2.24) is 15.2 Å². The van der Waals surface area contributed by atoms with E-state index in [-0.39, 0.29) is 0 Å². The first-order valence-corrected chi connectivity index (χ1v) is 6.62. The van der Waals surface area contributed by atoms with Gasteiger partial charge in [0.25, 0.3) is 0 Å². The largest absolute Gasteiger partial charge is 0.444 e. The zero-order chi connectivity index (χ0) is 12.1. The van der Waals surface area contributed by atoms with Crippen molar-refractivity contribution in [3.8, 4) is 0 Å². The van der Waals surface area contributed by atoms with Crippen LogP contribution in [-0.2, 0) is 13.0 Å². The summed E-state index contributed by atoms with van der Waals surface area (Å²) >= 11 is 0. The lowest BCUT2D eigenvalue weighted by Crippen LogP contribution is -2.35. The summed E-state index contributed by atoms with van der Waals surface area (Å²) in [5.41, 5.74) is 0. The minimum absolute atomic E-state index is 0.713. The fourth-order valence-corrected chi connectivity index (χ4v) is 2.55. The van der Waals surface area contributed by atoms with Crippen LogP contribution in [0, 0.1) is 5.92 Å². The van der Waals surface area contributed by atoms with Crippen LogP contribution in [-0.4, -0.2) is 36.6 Å². The summed E-state index contributed by atoms with van der Waals surface area (Å²) in [6, 6.07) is 0. The molecule has 1 aromatic rings. The second-order valence-corrected chi connectivity index (χ2v) is 4.86. The molecule has 17 heavy (non-hydrogen) atoms. The molecule has 0 aliphatic carbocycles. The highest BCUT2D eigenvalue weighted by Crippen LogP contribution is 2.20. The van der Waals surface area contributed by atoms with E-state index in [4.69, 9.17) is 4.42 Å². The van der Waals surface area contributed by atoms with Crippen molar-refractivity contribution in [2.75, 3.05) is 26.7 Å². The summed E-state index contributed by atoms with van der Waals surface area (Å²) in [5.74, 6) is 2.55. The molecule has 1 aliphatic rings. The third kappa shape index (κ3) is 3.54. The smallest absolute Gasteiger partial charge is 0.194 e. The van der Waals surface area contributed by atoms with E-state index in [1.54, 1.807) is 0 Å². The SMILES string of the molecule is CCN1CCCC(Cc2ncc(CNC)o2)C1. The normalized spacial score (nSPS) is 21.9. The molecule has 4 heteroatoms. The van der Waals surface area contributed by atoms with E-state index < -0.39 is 0 Å². The minimum Gasteiger partial charge on any atom is -0.444 e. The first-order valence-electron chi connectivity index (χ1n) is 6.62. The summed E-state index contributed by atoms with van der Waals surface area (Å²) in [6.07, 6.45) is 5.44. The van der Waals surface area contributed by atoms with Crippen LogP contribution < -0.4 is 5.32 Å². The van der Waals surface area contributed by atoms with E-state index >= 15 is 0 Å². The van der Waals surface area contributed by atoms with Gasteiger partial charge in [0, 0.05) is 13.0 Å². The molecule has 0 aromatic carbocycles. The van der Waals surface area contributed by atoms with Crippen molar-refractivity contribution in [1.29, 1.82) is 0 Å². The maximum absolute atomic E-state index is 5.70. The molecule has 1 N–H and O–H groups in total. The Morgan fingerprint density at radius 3 is 3.24 bits per heavy atom. The van der Waals surface area contributed by atoms with Gasteiger partial charge in [0.05, 0.1) is 12.7 Å². The number of nitrogens with one attached hydrogen (secondary N) is 1. The number of hydrogen-bond acceptors (Lipinski definition) is 4. The number of aromatic nitrogens is 1. The molecule has 0 amide bonds. The summed E-state index contributed by atoms with van der Waals surface area (Å²) in [7, 11) is 1.92. The Labute approximate surface area is 103 Å². The Kier molecular flexibility index (Phi) is 4.57. The zero-order valence-corrected chi connectivity index (χ0v) is 10.9. The predicted molar refractivity (Wildman–Crippen MR) is 67.8 cm³/mol. The fourth-order valence-electron chi connectivity index (χ4n) is 2.55. The van der Waals surface area contributed by atoms with Gasteiger partial charge in [-0.05, 0) is 38.9 Å². The van der Waals surface area contributed by atoms with Crippen LogP contribution in [0.25, 0.3) is 0 Å². The Hall–Kier alpha value is -0.870. The predicted octanol–water partition coefficient (Wildman–Crippen LogP) is 1.67.